The first-order chi connectivity index (χ1) is 12.3. The number of carbonyl (C=O) groups excluding carboxylic acids is 1. The monoisotopic (exact) mass is 394 g/mol. The molecule has 0 bridgehead atoms. The van der Waals surface area contributed by atoms with Crippen LogP contribution in [-0.2, 0) is 14.8 Å². The van der Waals surface area contributed by atoms with E-state index < -0.39 is 10.0 Å². The van der Waals surface area contributed by atoms with Crippen molar-refractivity contribution >= 4 is 32.3 Å². The average molecular weight is 394 g/mol. The molecule has 1 fully saturated rings. The number of nitriles is 1. The topological polar surface area (TPSA) is 116 Å². The molecule has 8 nitrogen and oxygen atoms in total. The Bertz CT molecular complexity index is 943. The van der Waals surface area contributed by atoms with E-state index >= 15 is 0 Å². The van der Waals surface area contributed by atoms with Gasteiger partial charge in [0.1, 0.15) is 21.7 Å². The van der Waals surface area contributed by atoms with Gasteiger partial charge in [-0.1, -0.05) is 5.16 Å². The number of sulfonamides is 1. The zero-order valence-electron chi connectivity index (χ0n) is 14.4. The van der Waals surface area contributed by atoms with Gasteiger partial charge in [0.2, 0.25) is 15.9 Å². The molecule has 0 aliphatic carbocycles. The van der Waals surface area contributed by atoms with Crippen LogP contribution < -0.4 is 5.32 Å². The van der Waals surface area contributed by atoms with Gasteiger partial charge < -0.3 is 9.84 Å². The number of nitrogens with one attached hydrogen (secondary N) is 1. The van der Waals surface area contributed by atoms with Gasteiger partial charge >= 0.3 is 0 Å². The molecule has 0 atom stereocenters. The number of rotatable bonds is 4. The van der Waals surface area contributed by atoms with Gasteiger partial charge in [-0.25, -0.2) is 8.42 Å². The second kappa shape index (κ2) is 7.19. The molecule has 138 valence electrons. The normalized spacial score (nSPS) is 16.3. The fourth-order valence-corrected chi connectivity index (χ4v) is 5.54. The molecule has 3 heterocycles. The number of hydrogen-bond donors (Lipinski definition) is 1. The van der Waals surface area contributed by atoms with Crippen LogP contribution in [0, 0.1) is 31.1 Å². The molecule has 2 aromatic heterocycles. The van der Waals surface area contributed by atoms with E-state index in [1.165, 1.54) is 15.6 Å². The van der Waals surface area contributed by atoms with E-state index in [-0.39, 0.29) is 35.6 Å². The van der Waals surface area contributed by atoms with E-state index in [0.29, 0.717) is 29.1 Å². The summed E-state index contributed by atoms with van der Waals surface area (Å²) in [6, 6.07) is 3.68. The summed E-state index contributed by atoms with van der Waals surface area (Å²) in [7, 11) is -3.69. The van der Waals surface area contributed by atoms with Crippen LogP contribution in [0.2, 0.25) is 0 Å². The third-order valence-corrected chi connectivity index (χ3v) is 7.39. The van der Waals surface area contributed by atoms with Gasteiger partial charge in [-0.05, 0) is 38.1 Å². The van der Waals surface area contributed by atoms with Crippen LogP contribution in [0.15, 0.2) is 20.9 Å². The molecule has 1 amide bonds. The number of carbonyl (C=O) groups is 1. The lowest BCUT2D eigenvalue weighted by molar-refractivity contribution is -0.120. The number of hydrogen-bond acceptors (Lipinski definition) is 7. The number of nitrogens with zero attached hydrogens (tertiary/aromatic N) is 3. The minimum absolute atomic E-state index is 0.109. The smallest absolute Gasteiger partial charge is 0.248 e. The number of piperidine rings is 1. The molecular formula is C16H18N4O4S2. The van der Waals surface area contributed by atoms with Gasteiger partial charge in [-0.3, -0.25) is 4.79 Å². The molecule has 10 heteroatoms. The first-order valence-corrected chi connectivity index (χ1v) is 10.4. The highest BCUT2D eigenvalue weighted by Gasteiger charge is 2.35. The maximum Gasteiger partial charge on any atom is 0.248 e. The van der Waals surface area contributed by atoms with E-state index in [2.05, 4.69) is 10.5 Å². The van der Waals surface area contributed by atoms with Crippen LogP contribution >= 0.6 is 11.3 Å². The number of aryl methyl sites for hydroxylation is 2. The molecule has 0 saturated carbocycles. The number of thiophene rings is 1. The minimum atomic E-state index is -3.69. The highest BCUT2D eigenvalue weighted by molar-refractivity contribution is 7.89. The molecule has 2 aromatic rings. The van der Waals surface area contributed by atoms with Crippen LogP contribution in [0.25, 0.3) is 0 Å². The Balaban J connectivity index is 1.66. The van der Waals surface area contributed by atoms with Crippen molar-refractivity contribution < 1.29 is 17.7 Å². The summed E-state index contributed by atoms with van der Waals surface area (Å²) in [6.45, 7) is 3.67. The van der Waals surface area contributed by atoms with Gasteiger partial charge in [-0.2, -0.15) is 9.57 Å². The maximum absolute atomic E-state index is 12.8. The van der Waals surface area contributed by atoms with Crippen molar-refractivity contribution in [3.8, 4) is 6.07 Å². The number of amides is 1. The van der Waals surface area contributed by atoms with Crippen molar-refractivity contribution in [2.45, 2.75) is 31.6 Å². The summed E-state index contributed by atoms with van der Waals surface area (Å²) in [5, 5.41) is 17.8. The largest absolute Gasteiger partial charge is 0.360 e. The Kier molecular flexibility index (Phi) is 5.13. The highest BCUT2D eigenvalue weighted by Crippen LogP contribution is 2.29. The lowest BCUT2D eigenvalue weighted by Gasteiger charge is -2.30. The first-order valence-electron chi connectivity index (χ1n) is 8.06. The van der Waals surface area contributed by atoms with Crippen molar-refractivity contribution in [2.24, 2.45) is 5.92 Å². The highest BCUT2D eigenvalue weighted by atomic mass is 32.2. The zero-order chi connectivity index (χ0) is 18.9. The third kappa shape index (κ3) is 3.38. The lowest BCUT2D eigenvalue weighted by atomic mass is 9.97. The van der Waals surface area contributed by atoms with Crippen LogP contribution in [-0.4, -0.2) is 36.9 Å². The minimum Gasteiger partial charge on any atom is -0.360 e. The molecule has 26 heavy (non-hydrogen) atoms. The molecular weight excluding hydrogens is 376 g/mol. The first kappa shape index (κ1) is 18.6. The molecule has 1 aliphatic rings. The summed E-state index contributed by atoms with van der Waals surface area (Å²) >= 11 is 1.29. The second-order valence-corrected chi connectivity index (χ2v) is 8.89. The molecule has 3 rings (SSSR count). The second-order valence-electron chi connectivity index (χ2n) is 6.10. The fourth-order valence-electron chi connectivity index (χ4n) is 3.04. The van der Waals surface area contributed by atoms with E-state index in [0.717, 1.165) is 0 Å². The molecule has 1 saturated heterocycles. The molecule has 1 N–H and O–H groups in total. The van der Waals surface area contributed by atoms with Crippen LogP contribution in [0.4, 0.5) is 5.00 Å². The average Bonchev–Trinajstić information content (AvgIpc) is 3.20. The molecule has 1 aliphatic heterocycles. The lowest BCUT2D eigenvalue weighted by Crippen LogP contribution is -2.41. The summed E-state index contributed by atoms with van der Waals surface area (Å²) in [5.41, 5.74) is 0.769. The van der Waals surface area contributed by atoms with Crippen molar-refractivity contribution in [1.29, 1.82) is 5.26 Å². The fraction of sp³-hybridized carbons (Fsp3) is 0.438. The van der Waals surface area contributed by atoms with Crippen LogP contribution in [0.3, 0.4) is 0 Å². The van der Waals surface area contributed by atoms with E-state index in [1.54, 1.807) is 25.3 Å². The Morgan fingerprint density at radius 1 is 1.42 bits per heavy atom. The maximum atomic E-state index is 12.8. The van der Waals surface area contributed by atoms with Crippen LogP contribution in [0.5, 0.6) is 0 Å². The van der Waals surface area contributed by atoms with Crippen LogP contribution in [0.1, 0.15) is 29.9 Å². The predicted molar refractivity (Wildman–Crippen MR) is 95.1 cm³/mol. The quantitative estimate of drug-likeness (QED) is 0.850. The SMILES string of the molecule is Cc1noc(C)c1S(=O)(=O)N1CCC(C(=O)Nc2sccc2C#N)CC1. The molecule has 0 spiro atoms. The number of aromatic nitrogens is 1. The predicted octanol–water partition coefficient (Wildman–Crippen LogP) is 2.26. The molecule has 0 aromatic carbocycles. The van der Waals surface area contributed by atoms with Crippen molar-refractivity contribution in [3.63, 3.8) is 0 Å². The summed E-state index contributed by atoms with van der Waals surface area (Å²) in [4.78, 5) is 12.5. The zero-order valence-corrected chi connectivity index (χ0v) is 16.0. The van der Waals surface area contributed by atoms with E-state index in [4.69, 9.17) is 9.78 Å². The summed E-state index contributed by atoms with van der Waals surface area (Å²) in [5.74, 6) is -0.206. The Hall–Kier alpha value is -2.22. The van der Waals surface area contributed by atoms with E-state index in [1.807, 2.05) is 6.07 Å². The number of anilines is 1. The van der Waals surface area contributed by atoms with Gasteiger partial charge in [0, 0.05) is 19.0 Å². The van der Waals surface area contributed by atoms with Crippen molar-refractivity contribution in [2.75, 3.05) is 18.4 Å². The Labute approximate surface area is 155 Å². The van der Waals surface area contributed by atoms with Gasteiger partial charge in [0.25, 0.3) is 0 Å². The van der Waals surface area contributed by atoms with Gasteiger partial charge in [-0.15, -0.1) is 11.3 Å². The third-order valence-electron chi connectivity index (χ3n) is 4.41. The van der Waals surface area contributed by atoms with Gasteiger partial charge in [0.05, 0.1) is 5.56 Å². The Morgan fingerprint density at radius 2 is 2.12 bits per heavy atom. The standard InChI is InChI=1S/C16H18N4O4S2/c1-10-14(11(2)24-19-10)26(22,23)20-6-3-12(4-7-20)15(21)18-16-13(9-17)5-8-25-16/h5,8,12H,3-4,6-7H2,1-2H3,(H,18,21). The molecule has 0 unspecified atom stereocenters. The molecule has 0 radical (unpaired) electrons. The van der Waals surface area contributed by atoms with Crippen molar-refractivity contribution in [1.82, 2.24) is 9.46 Å². The summed E-state index contributed by atoms with van der Waals surface area (Å²) < 4.78 is 31.9. The van der Waals surface area contributed by atoms with E-state index in [9.17, 15) is 13.2 Å². The van der Waals surface area contributed by atoms with Crippen molar-refractivity contribution in [3.05, 3.63) is 28.5 Å². The summed E-state index contributed by atoms with van der Waals surface area (Å²) in [6.07, 6.45) is 0.837. The Morgan fingerprint density at radius 3 is 2.69 bits per heavy atom. The van der Waals surface area contributed by atoms with Gasteiger partial charge in [0.15, 0.2) is 5.76 Å².